The number of benzene rings is 1. The van der Waals surface area contributed by atoms with Crippen molar-refractivity contribution in [3.05, 3.63) is 29.8 Å². The Morgan fingerprint density at radius 3 is 2.57 bits per heavy atom. The van der Waals surface area contributed by atoms with Gasteiger partial charge in [-0.25, -0.2) is 4.79 Å². The molecule has 0 spiro atoms. The van der Waals surface area contributed by atoms with Crippen LogP contribution in [0.15, 0.2) is 24.3 Å². The van der Waals surface area contributed by atoms with Crippen LogP contribution in [0.2, 0.25) is 0 Å². The number of nitrogens with two attached hydrogens (primary N) is 1. The Labute approximate surface area is 127 Å². The zero-order chi connectivity index (χ0) is 15.1. The normalized spacial score (nSPS) is 15.6. The van der Waals surface area contributed by atoms with Crippen LogP contribution < -0.4 is 5.73 Å². The smallest absolute Gasteiger partial charge is 0.320 e. The number of rotatable bonds is 4. The summed E-state index contributed by atoms with van der Waals surface area (Å²) in [5, 5.41) is 0. The number of anilines is 1. The molecular weight excluding hydrogens is 262 g/mol. The van der Waals surface area contributed by atoms with Gasteiger partial charge in [-0.3, -0.25) is 0 Å². The Kier molecular flexibility index (Phi) is 5.90. The van der Waals surface area contributed by atoms with Gasteiger partial charge in [-0.15, -0.1) is 0 Å². The van der Waals surface area contributed by atoms with E-state index >= 15 is 0 Å². The van der Waals surface area contributed by atoms with E-state index in [0.29, 0.717) is 6.54 Å². The first-order valence-electron chi connectivity index (χ1n) is 8.09. The van der Waals surface area contributed by atoms with Crippen molar-refractivity contribution in [1.29, 1.82) is 0 Å². The van der Waals surface area contributed by atoms with Gasteiger partial charge in [-0.2, -0.15) is 0 Å². The molecule has 0 unspecified atom stereocenters. The van der Waals surface area contributed by atoms with E-state index in [4.69, 9.17) is 5.73 Å². The molecule has 0 aliphatic carbocycles. The van der Waals surface area contributed by atoms with Gasteiger partial charge < -0.3 is 15.5 Å². The first kappa shape index (κ1) is 15.7. The van der Waals surface area contributed by atoms with Crippen LogP contribution in [0.4, 0.5) is 10.5 Å². The third-order valence-electron chi connectivity index (χ3n) is 3.97. The molecule has 4 nitrogen and oxygen atoms in total. The second kappa shape index (κ2) is 7.91. The Hall–Kier alpha value is -1.71. The van der Waals surface area contributed by atoms with Crippen molar-refractivity contribution in [2.75, 3.05) is 25.4 Å². The molecule has 2 rings (SSSR count). The fourth-order valence-corrected chi connectivity index (χ4v) is 2.89. The summed E-state index contributed by atoms with van der Waals surface area (Å²) in [6.07, 6.45) is 5.72. The van der Waals surface area contributed by atoms with Crippen LogP contribution in [0.5, 0.6) is 0 Å². The molecule has 0 radical (unpaired) electrons. The van der Waals surface area contributed by atoms with Crippen LogP contribution in [0.25, 0.3) is 0 Å². The lowest BCUT2D eigenvalue weighted by Gasteiger charge is -2.30. The van der Waals surface area contributed by atoms with Gasteiger partial charge >= 0.3 is 6.03 Å². The van der Waals surface area contributed by atoms with E-state index in [0.717, 1.165) is 50.1 Å². The molecule has 1 heterocycles. The molecule has 0 aromatic heterocycles. The number of carbonyl (C=O) groups excluding carboxylic acids is 1. The number of nitrogens with zero attached hydrogens (tertiary/aromatic N) is 2. The Morgan fingerprint density at radius 2 is 1.95 bits per heavy atom. The summed E-state index contributed by atoms with van der Waals surface area (Å²) < 4.78 is 0. The molecule has 0 bridgehead atoms. The zero-order valence-electron chi connectivity index (χ0n) is 13.1. The van der Waals surface area contributed by atoms with Crippen molar-refractivity contribution in [2.24, 2.45) is 0 Å². The molecule has 0 saturated carbocycles. The Balaban J connectivity index is 2.04. The fraction of sp³-hybridized carbons (Fsp3) is 0.588. The van der Waals surface area contributed by atoms with Gasteiger partial charge in [0.2, 0.25) is 0 Å². The molecule has 116 valence electrons. The van der Waals surface area contributed by atoms with Crippen molar-refractivity contribution in [2.45, 2.75) is 45.6 Å². The lowest BCUT2D eigenvalue weighted by atomic mass is 10.2. The molecule has 1 aromatic rings. The van der Waals surface area contributed by atoms with E-state index in [2.05, 4.69) is 6.92 Å². The highest BCUT2D eigenvalue weighted by Crippen LogP contribution is 2.15. The summed E-state index contributed by atoms with van der Waals surface area (Å²) in [6.45, 7) is 5.35. The minimum absolute atomic E-state index is 0.182. The van der Waals surface area contributed by atoms with Crippen molar-refractivity contribution >= 4 is 11.7 Å². The van der Waals surface area contributed by atoms with Crippen LogP contribution in [-0.4, -0.2) is 35.5 Å². The Morgan fingerprint density at radius 1 is 1.24 bits per heavy atom. The van der Waals surface area contributed by atoms with Gasteiger partial charge in [-0.1, -0.05) is 31.9 Å². The van der Waals surface area contributed by atoms with Crippen LogP contribution in [0.3, 0.4) is 0 Å². The number of nitrogen functional groups attached to an aromatic ring is 1. The van der Waals surface area contributed by atoms with E-state index in [1.807, 2.05) is 34.1 Å². The third-order valence-corrected chi connectivity index (χ3v) is 3.97. The summed E-state index contributed by atoms with van der Waals surface area (Å²) in [5.74, 6) is 0. The van der Waals surface area contributed by atoms with Gasteiger partial charge in [0, 0.05) is 31.9 Å². The molecule has 1 fully saturated rings. The molecule has 1 aliphatic rings. The van der Waals surface area contributed by atoms with Gasteiger partial charge in [-0.05, 0) is 37.0 Å². The number of carbonyl (C=O) groups is 1. The molecule has 21 heavy (non-hydrogen) atoms. The topological polar surface area (TPSA) is 49.6 Å². The predicted molar refractivity (Wildman–Crippen MR) is 87.0 cm³/mol. The first-order valence-corrected chi connectivity index (χ1v) is 8.09. The standard InChI is InChI=1S/C17H27N3O/c1-2-10-20(14-15-8-7-9-16(18)13-15)17(21)19-11-5-3-4-6-12-19/h7-9,13H,2-6,10-12,14,18H2,1H3. The second-order valence-corrected chi connectivity index (χ2v) is 5.85. The zero-order valence-corrected chi connectivity index (χ0v) is 13.1. The summed E-state index contributed by atoms with van der Waals surface area (Å²) in [7, 11) is 0. The summed E-state index contributed by atoms with van der Waals surface area (Å²) in [5.41, 5.74) is 7.69. The van der Waals surface area contributed by atoms with Crippen LogP contribution in [-0.2, 0) is 6.54 Å². The predicted octanol–water partition coefficient (Wildman–Crippen LogP) is 3.48. The fourth-order valence-electron chi connectivity index (χ4n) is 2.89. The SMILES string of the molecule is CCCN(Cc1cccc(N)c1)C(=O)N1CCCCCC1. The van der Waals surface area contributed by atoms with Crippen molar-refractivity contribution in [3.8, 4) is 0 Å². The largest absolute Gasteiger partial charge is 0.399 e. The molecule has 1 saturated heterocycles. The molecule has 1 aromatic carbocycles. The average molecular weight is 289 g/mol. The highest BCUT2D eigenvalue weighted by atomic mass is 16.2. The molecule has 1 aliphatic heterocycles. The van der Waals surface area contributed by atoms with Gasteiger partial charge in [0.15, 0.2) is 0 Å². The van der Waals surface area contributed by atoms with E-state index in [-0.39, 0.29) is 6.03 Å². The first-order chi connectivity index (χ1) is 10.2. The number of hydrogen-bond donors (Lipinski definition) is 1. The Bertz CT molecular complexity index is 453. The van der Waals surface area contributed by atoms with Crippen molar-refractivity contribution in [3.63, 3.8) is 0 Å². The highest BCUT2D eigenvalue weighted by Gasteiger charge is 2.21. The molecule has 0 atom stereocenters. The second-order valence-electron chi connectivity index (χ2n) is 5.85. The number of hydrogen-bond acceptors (Lipinski definition) is 2. The highest BCUT2D eigenvalue weighted by molar-refractivity contribution is 5.74. The van der Waals surface area contributed by atoms with Crippen molar-refractivity contribution < 1.29 is 4.79 Å². The number of urea groups is 1. The minimum atomic E-state index is 0.182. The van der Waals surface area contributed by atoms with Gasteiger partial charge in [0.05, 0.1) is 0 Å². The monoisotopic (exact) mass is 289 g/mol. The molecule has 4 heteroatoms. The van der Waals surface area contributed by atoms with Crippen LogP contribution >= 0.6 is 0 Å². The average Bonchev–Trinajstić information content (AvgIpc) is 2.75. The summed E-state index contributed by atoms with van der Waals surface area (Å²) in [6, 6.07) is 8.00. The van der Waals surface area contributed by atoms with E-state index < -0.39 is 0 Å². The van der Waals surface area contributed by atoms with Crippen LogP contribution in [0, 0.1) is 0 Å². The van der Waals surface area contributed by atoms with E-state index in [9.17, 15) is 4.79 Å². The van der Waals surface area contributed by atoms with Crippen LogP contribution in [0.1, 0.15) is 44.6 Å². The minimum Gasteiger partial charge on any atom is -0.399 e. The molecular formula is C17H27N3O. The van der Waals surface area contributed by atoms with E-state index in [1.165, 1.54) is 12.8 Å². The maximum atomic E-state index is 12.8. The summed E-state index contributed by atoms with van der Waals surface area (Å²) >= 11 is 0. The van der Waals surface area contributed by atoms with Crippen molar-refractivity contribution in [1.82, 2.24) is 9.80 Å². The van der Waals surface area contributed by atoms with E-state index in [1.54, 1.807) is 0 Å². The quantitative estimate of drug-likeness (QED) is 0.863. The maximum absolute atomic E-state index is 12.8. The lowest BCUT2D eigenvalue weighted by Crippen LogP contribution is -2.43. The van der Waals surface area contributed by atoms with Gasteiger partial charge in [0.25, 0.3) is 0 Å². The number of amides is 2. The van der Waals surface area contributed by atoms with Gasteiger partial charge in [0.1, 0.15) is 0 Å². The molecule has 2 amide bonds. The third kappa shape index (κ3) is 4.66. The lowest BCUT2D eigenvalue weighted by molar-refractivity contribution is 0.151. The maximum Gasteiger partial charge on any atom is 0.320 e. The number of likely N-dealkylation sites (tertiary alicyclic amines) is 1. The summed E-state index contributed by atoms with van der Waals surface area (Å²) in [4.78, 5) is 16.7. The molecule has 2 N–H and O–H groups in total.